The summed E-state index contributed by atoms with van der Waals surface area (Å²) in [5.41, 5.74) is 0.590. The predicted molar refractivity (Wildman–Crippen MR) is 66.7 cm³/mol. The van der Waals surface area contributed by atoms with Gasteiger partial charge in [-0.3, -0.25) is 4.98 Å². The molecule has 17 heavy (non-hydrogen) atoms. The average Bonchev–Trinajstić information content (AvgIpc) is 2.25. The van der Waals surface area contributed by atoms with Gasteiger partial charge in [-0.05, 0) is 32.9 Å². The molecule has 1 unspecified atom stereocenters. The molecule has 0 aliphatic heterocycles. The van der Waals surface area contributed by atoms with Crippen molar-refractivity contribution in [2.24, 2.45) is 4.40 Å². The summed E-state index contributed by atoms with van der Waals surface area (Å²) in [7, 11) is 0. The Morgan fingerprint density at radius 3 is 2.59 bits per heavy atom. The Bertz CT molecular complexity index is 423. The van der Waals surface area contributed by atoms with Gasteiger partial charge < -0.3 is 9.66 Å². The van der Waals surface area contributed by atoms with Gasteiger partial charge in [0, 0.05) is 6.20 Å². The van der Waals surface area contributed by atoms with Crippen LogP contribution in [-0.2, 0) is 11.4 Å². The maximum Gasteiger partial charge on any atom is 0.337 e. The first-order valence-corrected chi connectivity index (χ1v) is 6.07. The Balaban J connectivity index is 2.76. The molecule has 92 valence electrons. The molecule has 0 fully saturated rings. The molecule has 0 saturated carbocycles. The molecule has 0 spiro atoms. The number of carboxylic acids is 1. The van der Waals surface area contributed by atoms with Gasteiger partial charge in [-0.15, -0.1) is 0 Å². The topological polar surface area (TPSA) is 85.6 Å². The summed E-state index contributed by atoms with van der Waals surface area (Å²) in [6.45, 7) is 5.46. The molecule has 0 aliphatic carbocycles. The Kier molecular flexibility index (Phi) is 4.25. The van der Waals surface area contributed by atoms with E-state index in [2.05, 4.69) is 9.38 Å². The minimum absolute atomic E-state index is 0.110. The van der Waals surface area contributed by atoms with E-state index in [0.29, 0.717) is 5.69 Å². The summed E-state index contributed by atoms with van der Waals surface area (Å²) in [5, 5.41) is 8.68. The van der Waals surface area contributed by atoms with Crippen LogP contribution >= 0.6 is 0 Å². The SMILES string of the molecule is CC(C)(C)[S+]([O-])/N=C/c1ccc(C(=O)O)cn1. The number of rotatable bonds is 3. The molecule has 5 nitrogen and oxygen atoms in total. The molecule has 1 rings (SSSR count). The first-order chi connectivity index (χ1) is 7.80. The van der Waals surface area contributed by atoms with E-state index in [0.717, 1.165) is 0 Å². The van der Waals surface area contributed by atoms with Crippen molar-refractivity contribution in [1.29, 1.82) is 0 Å². The van der Waals surface area contributed by atoms with Gasteiger partial charge in [-0.1, -0.05) is 4.40 Å². The van der Waals surface area contributed by atoms with Crippen molar-refractivity contribution in [2.75, 3.05) is 0 Å². The van der Waals surface area contributed by atoms with Gasteiger partial charge in [0.15, 0.2) is 0 Å². The van der Waals surface area contributed by atoms with Crippen LogP contribution in [-0.4, -0.2) is 31.6 Å². The van der Waals surface area contributed by atoms with Crippen molar-refractivity contribution in [3.8, 4) is 0 Å². The first-order valence-electron chi connectivity index (χ1n) is 4.96. The zero-order valence-electron chi connectivity index (χ0n) is 9.88. The third-order valence-electron chi connectivity index (χ3n) is 1.84. The fourth-order valence-corrected chi connectivity index (χ4v) is 1.39. The number of hydrogen-bond donors (Lipinski definition) is 1. The number of pyridine rings is 1. The number of aromatic nitrogens is 1. The lowest BCUT2D eigenvalue weighted by molar-refractivity contribution is 0.0696. The maximum atomic E-state index is 11.6. The molecular formula is C11H14N2O3S. The summed E-state index contributed by atoms with van der Waals surface area (Å²) >= 11 is -1.34. The van der Waals surface area contributed by atoms with Gasteiger partial charge >= 0.3 is 5.97 Å². The van der Waals surface area contributed by atoms with Crippen molar-refractivity contribution in [1.82, 2.24) is 4.98 Å². The molecule has 1 atom stereocenters. The summed E-state index contributed by atoms with van der Waals surface area (Å²) in [5.74, 6) is -1.03. The summed E-state index contributed by atoms with van der Waals surface area (Å²) in [4.78, 5) is 14.5. The molecule has 0 aromatic carbocycles. The van der Waals surface area contributed by atoms with Crippen LogP contribution < -0.4 is 0 Å². The third-order valence-corrected chi connectivity index (χ3v) is 3.18. The highest BCUT2D eigenvalue weighted by Crippen LogP contribution is 2.16. The Hall–Kier alpha value is -1.40. The number of nitrogens with zero attached hydrogens (tertiary/aromatic N) is 2. The number of carboxylic acid groups (broad SMARTS) is 1. The lowest BCUT2D eigenvalue weighted by Gasteiger charge is -2.17. The highest BCUT2D eigenvalue weighted by molar-refractivity contribution is 7.91. The van der Waals surface area contributed by atoms with Gasteiger partial charge in [-0.25, -0.2) is 4.79 Å². The lowest BCUT2D eigenvalue weighted by atomic mass is 10.2. The van der Waals surface area contributed by atoms with Crippen LogP contribution in [0.2, 0.25) is 0 Å². The molecule has 6 heteroatoms. The fourth-order valence-electron chi connectivity index (χ4n) is 0.868. The predicted octanol–water partition coefficient (Wildman–Crippen LogP) is 1.66. The van der Waals surface area contributed by atoms with E-state index in [-0.39, 0.29) is 5.56 Å². The first kappa shape index (κ1) is 13.7. The van der Waals surface area contributed by atoms with Crippen molar-refractivity contribution < 1.29 is 14.5 Å². The van der Waals surface area contributed by atoms with Crippen molar-refractivity contribution in [3.63, 3.8) is 0 Å². The molecule has 0 radical (unpaired) electrons. The van der Waals surface area contributed by atoms with E-state index < -0.39 is 22.1 Å². The van der Waals surface area contributed by atoms with Crippen LogP contribution in [0, 0.1) is 0 Å². The summed E-state index contributed by atoms with van der Waals surface area (Å²) in [6.07, 6.45) is 2.62. The Morgan fingerprint density at radius 1 is 1.53 bits per heavy atom. The second kappa shape index (κ2) is 5.29. The number of carbonyl (C=O) groups is 1. The normalized spacial score (nSPS) is 13.9. The van der Waals surface area contributed by atoms with Crippen LogP contribution in [0.1, 0.15) is 36.8 Å². The largest absolute Gasteiger partial charge is 0.591 e. The van der Waals surface area contributed by atoms with Crippen LogP contribution in [0.5, 0.6) is 0 Å². The molecule has 0 bridgehead atoms. The summed E-state index contributed by atoms with van der Waals surface area (Å²) in [6, 6.07) is 2.95. The van der Waals surface area contributed by atoms with Crippen LogP contribution in [0.4, 0.5) is 0 Å². The minimum atomic E-state index is -1.34. The second-order valence-corrected chi connectivity index (χ2v) is 6.31. The molecule has 0 amide bonds. The van der Waals surface area contributed by atoms with Crippen molar-refractivity contribution in [3.05, 3.63) is 29.6 Å². The smallest absolute Gasteiger partial charge is 0.337 e. The van der Waals surface area contributed by atoms with Gasteiger partial charge in [0.1, 0.15) is 22.3 Å². The van der Waals surface area contributed by atoms with E-state index in [1.54, 1.807) is 0 Å². The van der Waals surface area contributed by atoms with E-state index in [9.17, 15) is 9.35 Å². The van der Waals surface area contributed by atoms with Gasteiger partial charge in [0.25, 0.3) is 0 Å². The Labute approximate surface area is 103 Å². The molecule has 1 heterocycles. The maximum absolute atomic E-state index is 11.6. The second-order valence-electron chi connectivity index (χ2n) is 4.37. The van der Waals surface area contributed by atoms with E-state index in [1.165, 1.54) is 24.5 Å². The monoisotopic (exact) mass is 254 g/mol. The van der Waals surface area contributed by atoms with Crippen molar-refractivity contribution in [2.45, 2.75) is 25.5 Å². The highest BCUT2D eigenvalue weighted by atomic mass is 32.2. The minimum Gasteiger partial charge on any atom is -0.591 e. The molecule has 1 aromatic rings. The van der Waals surface area contributed by atoms with E-state index in [4.69, 9.17) is 5.11 Å². The summed E-state index contributed by atoms with van der Waals surface area (Å²) < 4.78 is 15.1. The van der Waals surface area contributed by atoms with E-state index in [1.807, 2.05) is 20.8 Å². The van der Waals surface area contributed by atoms with Crippen molar-refractivity contribution >= 4 is 23.5 Å². The molecule has 1 aromatic heterocycles. The Morgan fingerprint density at radius 2 is 2.18 bits per heavy atom. The zero-order chi connectivity index (χ0) is 13.1. The molecule has 0 saturated heterocycles. The number of aromatic carboxylic acids is 1. The van der Waals surface area contributed by atoms with Gasteiger partial charge in [0.05, 0.1) is 11.3 Å². The quantitative estimate of drug-likeness (QED) is 0.656. The van der Waals surface area contributed by atoms with Gasteiger partial charge in [0.2, 0.25) is 0 Å². The molecule has 1 N–H and O–H groups in total. The van der Waals surface area contributed by atoms with E-state index >= 15 is 0 Å². The zero-order valence-corrected chi connectivity index (χ0v) is 10.7. The lowest BCUT2D eigenvalue weighted by Crippen LogP contribution is -2.25. The van der Waals surface area contributed by atoms with Gasteiger partial charge in [-0.2, -0.15) is 0 Å². The standard InChI is InChI=1S/C11H14N2O3S/c1-11(2,3)17(16)13-7-9-5-4-8(6-12-9)10(14)15/h4-7H,1-3H3,(H,14,15)/b13-7+. The number of hydrogen-bond acceptors (Lipinski definition) is 4. The fraction of sp³-hybridized carbons (Fsp3) is 0.364. The van der Waals surface area contributed by atoms with Crippen LogP contribution in [0.25, 0.3) is 0 Å². The van der Waals surface area contributed by atoms with Crippen LogP contribution in [0.3, 0.4) is 0 Å². The molecular weight excluding hydrogens is 240 g/mol. The third kappa shape index (κ3) is 4.16. The van der Waals surface area contributed by atoms with Crippen LogP contribution in [0.15, 0.2) is 22.7 Å². The molecule has 0 aliphatic rings. The average molecular weight is 254 g/mol. The highest BCUT2D eigenvalue weighted by Gasteiger charge is 2.25.